The molecular weight excluding hydrogens is 254 g/mol. The van der Waals surface area contributed by atoms with Gasteiger partial charge >= 0.3 is 0 Å². The smallest absolute Gasteiger partial charge is 0.119 e. The first-order chi connectivity index (χ1) is 9.67. The maximum atomic E-state index is 10.0. The van der Waals surface area contributed by atoms with E-state index in [0.29, 0.717) is 13.2 Å². The minimum atomic E-state index is -0.467. The molecule has 1 aliphatic rings. The number of aliphatic hydroxyl groups is 1. The molecule has 20 heavy (non-hydrogen) atoms. The Hall–Kier alpha value is -1.10. The van der Waals surface area contributed by atoms with E-state index in [2.05, 4.69) is 30.9 Å². The highest BCUT2D eigenvalue weighted by molar-refractivity contribution is 5.27. The van der Waals surface area contributed by atoms with E-state index in [9.17, 15) is 5.11 Å². The highest BCUT2D eigenvalue weighted by atomic mass is 16.5. The molecule has 0 aliphatic carbocycles. The van der Waals surface area contributed by atoms with Crippen molar-refractivity contribution >= 4 is 0 Å². The number of β-amino-alcohol motifs (C(OH)–C–C–N with tert-alkyl or cyclic N) is 1. The predicted octanol–water partition coefficient (Wildman–Crippen LogP) is 1.71. The zero-order valence-corrected chi connectivity index (χ0v) is 12.4. The Balaban J connectivity index is 1.72. The first-order valence-corrected chi connectivity index (χ1v) is 7.41. The van der Waals surface area contributed by atoms with Gasteiger partial charge in [0.05, 0.1) is 12.7 Å². The van der Waals surface area contributed by atoms with Crippen LogP contribution in [-0.4, -0.2) is 55.1 Å². The van der Waals surface area contributed by atoms with Gasteiger partial charge < -0.3 is 14.6 Å². The molecule has 0 bridgehead atoms. The Kier molecular flexibility index (Phi) is 5.83. The van der Waals surface area contributed by atoms with Gasteiger partial charge in [-0.25, -0.2) is 0 Å². The number of morpholine rings is 1. The Labute approximate surface area is 121 Å². The number of hydrogen-bond donors (Lipinski definition) is 1. The molecule has 0 spiro atoms. The van der Waals surface area contributed by atoms with Crippen LogP contribution in [0.15, 0.2) is 24.3 Å². The summed E-state index contributed by atoms with van der Waals surface area (Å²) in [6.07, 6.45) is 0.808. The van der Waals surface area contributed by atoms with Crippen LogP contribution in [0.5, 0.6) is 5.75 Å². The molecule has 0 aromatic heterocycles. The summed E-state index contributed by atoms with van der Waals surface area (Å²) >= 11 is 0. The number of ether oxygens (including phenoxy) is 2. The number of hydrogen-bond acceptors (Lipinski definition) is 4. The molecule has 0 radical (unpaired) electrons. The van der Waals surface area contributed by atoms with E-state index in [-0.39, 0.29) is 6.10 Å². The van der Waals surface area contributed by atoms with Crippen LogP contribution in [0, 0.1) is 0 Å². The number of rotatable bonds is 6. The van der Waals surface area contributed by atoms with Crippen LogP contribution in [0.3, 0.4) is 0 Å². The predicted molar refractivity (Wildman–Crippen MR) is 79.2 cm³/mol. The Morgan fingerprint density at radius 1 is 1.40 bits per heavy atom. The third kappa shape index (κ3) is 4.78. The van der Waals surface area contributed by atoms with Crippen molar-refractivity contribution in [2.24, 2.45) is 0 Å². The van der Waals surface area contributed by atoms with Crippen LogP contribution in [0.4, 0.5) is 0 Å². The van der Waals surface area contributed by atoms with Gasteiger partial charge in [0.25, 0.3) is 0 Å². The third-order valence-corrected chi connectivity index (χ3v) is 3.57. The second-order valence-corrected chi connectivity index (χ2v) is 5.40. The van der Waals surface area contributed by atoms with Crippen LogP contribution in [0.2, 0.25) is 0 Å². The molecule has 1 aliphatic heterocycles. The van der Waals surface area contributed by atoms with E-state index in [4.69, 9.17) is 9.47 Å². The summed E-state index contributed by atoms with van der Waals surface area (Å²) in [4.78, 5) is 2.22. The van der Waals surface area contributed by atoms with Gasteiger partial charge in [-0.2, -0.15) is 0 Å². The van der Waals surface area contributed by atoms with Gasteiger partial charge in [-0.05, 0) is 31.0 Å². The van der Waals surface area contributed by atoms with Crippen LogP contribution in [0.1, 0.15) is 19.4 Å². The summed E-state index contributed by atoms with van der Waals surface area (Å²) in [7, 11) is 0. The second-order valence-electron chi connectivity index (χ2n) is 5.40. The molecule has 1 aromatic carbocycles. The van der Waals surface area contributed by atoms with E-state index in [1.54, 1.807) is 0 Å². The lowest BCUT2D eigenvalue weighted by molar-refractivity contribution is -0.0361. The third-order valence-electron chi connectivity index (χ3n) is 3.57. The van der Waals surface area contributed by atoms with Crippen LogP contribution in [0.25, 0.3) is 0 Å². The lowest BCUT2D eigenvalue weighted by Crippen LogP contribution is -2.45. The topological polar surface area (TPSA) is 41.9 Å². The van der Waals surface area contributed by atoms with E-state index in [0.717, 1.165) is 31.9 Å². The zero-order valence-electron chi connectivity index (χ0n) is 12.4. The molecule has 1 saturated heterocycles. The fourth-order valence-electron chi connectivity index (χ4n) is 2.42. The van der Waals surface area contributed by atoms with Crippen LogP contribution >= 0.6 is 0 Å². The van der Waals surface area contributed by atoms with Crippen LogP contribution in [-0.2, 0) is 11.2 Å². The summed E-state index contributed by atoms with van der Waals surface area (Å²) in [6, 6.07) is 8.04. The summed E-state index contributed by atoms with van der Waals surface area (Å²) in [5.74, 6) is 0.816. The molecule has 4 nitrogen and oxygen atoms in total. The molecule has 0 saturated carbocycles. The monoisotopic (exact) mass is 279 g/mol. The molecule has 1 heterocycles. The first-order valence-electron chi connectivity index (χ1n) is 7.41. The van der Waals surface area contributed by atoms with Gasteiger partial charge in [-0.15, -0.1) is 0 Å². The summed E-state index contributed by atoms with van der Waals surface area (Å²) in [6.45, 7) is 7.66. The Bertz CT molecular complexity index is 393. The Morgan fingerprint density at radius 3 is 2.80 bits per heavy atom. The van der Waals surface area contributed by atoms with E-state index < -0.39 is 6.10 Å². The molecule has 2 atom stereocenters. The SMILES string of the molecule is CCc1ccc(OC[C@H](O)CN2CCO[C@@H](C)C2)cc1. The molecule has 112 valence electrons. The van der Waals surface area contributed by atoms with Crippen molar-refractivity contribution in [1.29, 1.82) is 0 Å². The fraction of sp³-hybridized carbons (Fsp3) is 0.625. The van der Waals surface area contributed by atoms with Crippen molar-refractivity contribution < 1.29 is 14.6 Å². The van der Waals surface area contributed by atoms with Gasteiger partial charge in [0.2, 0.25) is 0 Å². The minimum absolute atomic E-state index is 0.249. The summed E-state index contributed by atoms with van der Waals surface area (Å²) < 4.78 is 11.1. The quantitative estimate of drug-likeness (QED) is 0.861. The molecule has 1 aromatic rings. The normalized spacial score (nSPS) is 21.6. The van der Waals surface area contributed by atoms with Crippen molar-refractivity contribution in [3.8, 4) is 5.75 Å². The molecular formula is C16H25NO3. The number of benzene rings is 1. The Morgan fingerprint density at radius 2 is 2.15 bits per heavy atom. The fourth-order valence-corrected chi connectivity index (χ4v) is 2.42. The number of aliphatic hydroxyl groups excluding tert-OH is 1. The van der Waals surface area contributed by atoms with Crippen molar-refractivity contribution in [1.82, 2.24) is 4.90 Å². The molecule has 0 amide bonds. The average Bonchev–Trinajstić information content (AvgIpc) is 2.46. The van der Waals surface area contributed by atoms with Gasteiger partial charge in [0.1, 0.15) is 18.5 Å². The largest absolute Gasteiger partial charge is 0.491 e. The van der Waals surface area contributed by atoms with Gasteiger partial charge in [0, 0.05) is 19.6 Å². The molecule has 0 unspecified atom stereocenters. The summed E-state index contributed by atoms with van der Waals surface area (Å²) in [5, 5.41) is 10.0. The average molecular weight is 279 g/mol. The van der Waals surface area contributed by atoms with E-state index in [1.807, 2.05) is 12.1 Å². The standard InChI is InChI=1S/C16H25NO3/c1-3-14-4-6-16(7-5-14)20-12-15(18)11-17-8-9-19-13(2)10-17/h4-7,13,15,18H,3,8-12H2,1-2H3/t13-,15+/m0/s1. The number of nitrogens with zero attached hydrogens (tertiary/aromatic N) is 1. The highest BCUT2D eigenvalue weighted by Gasteiger charge is 2.19. The highest BCUT2D eigenvalue weighted by Crippen LogP contribution is 2.13. The van der Waals surface area contributed by atoms with Crippen molar-refractivity contribution in [3.63, 3.8) is 0 Å². The van der Waals surface area contributed by atoms with Crippen molar-refractivity contribution in [2.45, 2.75) is 32.5 Å². The number of aryl methyl sites for hydroxylation is 1. The van der Waals surface area contributed by atoms with E-state index in [1.165, 1.54) is 5.56 Å². The van der Waals surface area contributed by atoms with Gasteiger partial charge in [0.15, 0.2) is 0 Å². The molecule has 1 N–H and O–H groups in total. The molecule has 1 fully saturated rings. The second kappa shape index (κ2) is 7.62. The van der Waals surface area contributed by atoms with Gasteiger partial charge in [-0.1, -0.05) is 19.1 Å². The maximum Gasteiger partial charge on any atom is 0.119 e. The first kappa shape index (κ1) is 15.3. The maximum absolute atomic E-state index is 10.0. The summed E-state index contributed by atoms with van der Waals surface area (Å²) in [5.41, 5.74) is 1.29. The minimum Gasteiger partial charge on any atom is -0.491 e. The van der Waals surface area contributed by atoms with Crippen molar-refractivity contribution in [3.05, 3.63) is 29.8 Å². The van der Waals surface area contributed by atoms with Gasteiger partial charge in [-0.3, -0.25) is 4.90 Å². The molecule has 2 rings (SSSR count). The molecule has 4 heteroatoms. The van der Waals surface area contributed by atoms with Crippen molar-refractivity contribution in [2.75, 3.05) is 32.8 Å². The van der Waals surface area contributed by atoms with Crippen LogP contribution < -0.4 is 4.74 Å². The lowest BCUT2D eigenvalue weighted by Gasteiger charge is -2.32. The van der Waals surface area contributed by atoms with E-state index >= 15 is 0 Å². The zero-order chi connectivity index (χ0) is 14.4. The lowest BCUT2D eigenvalue weighted by atomic mass is 10.2.